The van der Waals surface area contributed by atoms with Crippen molar-refractivity contribution < 1.29 is 4.79 Å². The van der Waals surface area contributed by atoms with Crippen molar-refractivity contribution in [2.75, 3.05) is 0 Å². The Morgan fingerprint density at radius 3 is 2.59 bits per heavy atom. The molecule has 0 spiro atoms. The fraction of sp³-hybridized carbons (Fsp3) is 0.304. The fourth-order valence-corrected chi connectivity index (χ4v) is 3.87. The first-order valence-electron chi connectivity index (χ1n) is 9.26. The molecule has 27 heavy (non-hydrogen) atoms. The number of amides is 1. The predicted molar refractivity (Wildman–Crippen MR) is 112 cm³/mol. The van der Waals surface area contributed by atoms with Crippen LogP contribution in [-0.2, 0) is 6.42 Å². The van der Waals surface area contributed by atoms with Gasteiger partial charge >= 0.3 is 0 Å². The smallest absolute Gasteiger partial charge is 0.253 e. The van der Waals surface area contributed by atoms with Crippen molar-refractivity contribution in [1.82, 2.24) is 10.3 Å². The molecule has 2 aromatic carbocycles. The van der Waals surface area contributed by atoms with Crippen LogP contribution in [0.4, 0.5) is 0 Å². The van der Waals surface area contributed by atoms with Crippen molar-refractivity contribution in [3.05, 3.63) is 76.9 Å². The van der Waals surface area contributed by atoms with E-state index in [-0.39, 0.29) is 11.4 Å². The van der Waals surface area contributed by atoms with Gasteiger partial charge in [-0.1, -0.05) is 55.8 Å². The predicted octanol–water partition coefficient (Wildman–Crippen LogP) is 5.67. The highest BCUT2D eigenvalue weighted by Gasteiger charge is 2.28. The van der Waals surface area contributed by atoms with E-state index in [4.69, 9.17) is 11.6 Å². The average molecular weight is 381 g/mol. The van der Waals surface area contributed by atoms with Gasteiger partial charge in [0.25, 0.3) is 5.91 Å². The third kappa shape index (κ3) is 5.08. The Balaban J connectivity index is 1.85. The third-order valence-corrected chi connectivity index (χ3v) is 4.85. The number of fused-ring (bicyclic) bond motifs is 1. The lowest BCUT2D eigenvalue weighted by atomic mass is 9.84. The summed E-state index contributed by atoms with van der Waals surface area (Å²) in [5, 5.41) is 4.76. The minimum atomic E-state index is -0.337. The molecule has 4 heteroatoms. The molecule has 140 valence electrons. The molecule has 1 aromatic heterocycles. The van der Waals surface area contributed by atoms with Gasteiger partial charge in [0.05, 0.1) is 11.1 Å². The molecule has 3 rings (SSSR count). The standard InChI is InChI=1S/C23H25ClN2O/c1-16(2)13-23(3,14-17-7-5-4-6-8-17)26-22(27)19-11-18-12-20(24)9-10-21(18)25-15-19/h4-12,15-16H,13-14H2,1-3H3,(H,26,27). The summed E-state index contributed by atoms with van der Waals surface area (Å²) in [7, 11) is 0. The Morgan fingerprint density at radius 2 is 1.89 bits per heavy atom. The van der Waals surface area contributed by atoms with Crippen LogP contribution in [0.5, 0.6) is 0 Å². The van der Waals surface area contributed by atoms with Crippen LogP contribution >= 0.6 is 11.6 Å². The quantitative estimate of drug-likeness (QED) is 0.599. The molecule has 3 nitrogen and oxygen atoms in total. The molecule has 0 saturated carbocycles. The SMILES string of the molecule is CC(C)CC(C)(Cc1ccccc1)NC(=O)c1cnc2ccc(Cl)cc2c1. The van der Waals surface area contributed by atoms with Crippen LogP contribution in [0, 0.1) is 5.92 Å². The topological polar surface area (TPSA) is 42.0 Å². The zero-order chi connectivity index (χ0) is 19.4. The number of aromatic nitrogens is 1. The molecule has 1 N–H and O–H groups in total. The van der Waals surface area contributed by atoms with E-state index in [1.165, 1.54) is 5.56 Å². The normalized spacial score (nSPS) is 13.5. The molecule has 1 unspecified atom stereocenters. The molecular formula is C23H25ClN2O. The number of pyridine rings is 1. The van der Waals surface area contributed by atoms with E-state index in [0.717, 1.165) is 23.7 Å². The molecule has 0 fully saturated rings. The maximum absolute atomic E-state index is 13.0. The zero-order valence-electron chi connectivity index (χ0n) is 16.0. The summed E-state index contributed by atoms with van der Waals surface area (Å²) >= 11 is 6.08. The maximum Gasteiger partial charge on any atom is 0.253 e. The molecule has 0 aliphatic rings. The highest BCUT2D eigenvalue weighted by Crippen LogP contribution is 2.23. The number of carbonyl (C=O) groups is 1. The third-order valence-electron chi connectivity index (χ3n) is 4.62. The summed E-state index contributed by atoms with van der Waals surface area (Å²) in [6.45, 7) is 6.47. The lowest BCUT2D eigenvalue weighted by Crippen LogP contribution is -2.48. The number of benzene rings is 2. The first-order valence-corrected chi connectivity index (χ1v) is 9.64. The van der Waals surface area contributed by atoms with Crippen LogP contribution in [-0.4, -0.2) is 16.4 Å². The molecular weight excluding hydrogens is 356 g/mol. The molecule has 3 aromatic rings. The van der Waals surface area contributed by atoms with Gasteiger partial charge in [-0.05, 0) is 55.5 Å². The summed E-state index contributed by atoms with van der Waals surface area (Å²) in [5.41, 5.74) is 2.25. The highest BCUT2D eigenvalue weighted by molar-refractivity contribution is 6.31. The van der Waals surface area contributed by atoms with Crippen molar-refractivity contribution in [2.24, 2.45) is 5.92 Å². The van der Waals surface area contributed by atoms with Gasteiger partial charge in [-0.15, -0.1) is 0 Å². The van der Waals surface area contributed by atoms with Crippen molar-refractivity contribution >= 4 is 28.4 Å². The van der Waals surface area contributed by atoms with Gasteiger partial charge in [-0.2, -0.15) is 0 Å². The summed E-state index contributed by atoms with van der Waals surface area (Å²) in [6, 6.07) is 17.6. The lowest BCUT2D eigenvalue weighted by molar-refractivity contribution is 0.0894. The summed E-state index contributed by atoms with van der Waals surface area (Å²) in [6.07, 6.45) is 3.30. The van der Waals surface area contributed by atoms with E-state index in [2.05, 4.69) is 43.2 Å². The molecule has 1 atom stereocenters. The van der Waals surface area contributed by atoms with Crippen molar-refractivity contribution in [3.8, 4) is 0 Å². The van der Waals surface area contributed by atoms with Gasteiger partial charge in [0.2, 0.25) is 0 Å². The maximum atomic E-state index is 13.0. The lowest BCUT2D eigenvalue weighted by Gasteiger charge is -2.33. The first kappa shape index (κ1) is 19.4. The van der Waals surface area contributed by atoms with Crippen molar-refractivity contribution in [3.63, 3.8) is 0 Å². The van der Waals surface area contributed by atoms with E-state index in [1.54, 1.807) is 12.3 Å². The molecule has 0 aliphatic carbocycles. The van der Waals surface area contributed by atoms with Gasteiger partial charge in [0.15, 0.2) is 0 Å². The molecule has 1 heterocycles. The Kier molecular flexibility index (Phi) is 5.81. The fourth-order valence-electron chi connectivity index (χ4n) is 3.69. The number of halogens is 1. The number of carbonyl (C=O) groups excluding carboxylic acids is 1. The number of nitrogens with one attached hydrogen (secondary N) is 1. The number of nitrogens with zero attached hydrogens (tertiary/aromatic N) is 1. The van der Waals surface area contributed by atoms with Crippen LogP contribution < -0.4 is 5.32 Å². The Bertz CT molecular complexity index is 940. The van der Waals surface area contributed by atoms with Gasteiger partial charge < -0.3 is 5.32 Å². The van der Waals surface area contributed by atoms with Gasteiger partial charge in [0, 0.05) is 22.1 Å². The molecule has 0 aliphatic heterocycles. The molecule has 0 saturated heterocycles. The summed E-state index contributed by atoms with van der Waals surface area (Å²) in [4.78, 5) is 17.4. The van der Waals surface area contributed by atoms with Crippen LogP contribution in [0.15, 0.2) is 60.8 Å². The second-order valence-electron chi connectivity index (χ2n) is 7.84. The van der Waals surface area contributed by atoms with E-state index in [1.807, 2.05) is 36.4 Å². The van der Waals surface area contributed by atoms with Gasteiger partial charge in [-0.3, -0.25) is 9.78 Å². The van der Waals surface area contributed by atoms with Crippen molar-refractivity contribution in [1.29, 1.82) is 0 Å². The first-order chi connectivity index (χ1) is 12.8. The monoisotopic (exact) mass is 380 g/mol. The molecule has 0 radical (unpaired) electrons. The van der Waals surface area contributed by atoms with E-state index >= 15 is 0 Å². The van der Waals surface area contributed by atoms with Crippen LogP contribution in [0.2, 0.25) is 5.02 Å². The average Bonchev–Trinajstić information content (AvgIpc) is 2.60. The molecule has 0 bridgehead atoms. The van der Waals surface area contributed by atoms with E-state index in [9.17, 15) is 4.79 Å². The minimum Gasteiger partial charge on any atom is -0.346 e. The largest absolute Gasteiger partial charge is 0.346 e. The number of hydrogen-bond acceptors (Lipinski definition) is 2. The van der Waals surface area contributed by atoms with E-state index < -0.39 is 0 Å². The van der Waals surface area contributed by atoms with Crippen LogP contribution in [0.3, 0.4) is 0 Å². The highest BCUT2D eigenvalue weighted by atomic mass is 35.5. The number of hydrogen-bond donors (Lipinski definition) is 1. The van der Waals surface area contributed by atoms with Crippen molar-refractivity contribution in [2.45, 2.75) is 39.2 Å². The Hall–Kier alpha value is -2.39. The van der Waals surface area contributed by atoms with Crippen LogP contribution in [0.25, 0.3) is 10.9 Å². The number of rotatable bonds is 6. The second kappa shape index (κ2) is 8.10. The van der Waals surface area contributed by atoms with Gasteiger partial charge in [0.1, 0.15) is 0 Å². The summed E-state index contributed by atoms with van der Waals surface area (Å²) in [5.74, 6) is 0.357. The second-order valence-corrected chi connectivity index (χ2v) is 8.27. The van der Waals surface area contributed by atoms with E-state index in [0.29, 0.717) is 16.5 Å². The van der Waals surface area contributed by atoms with Gasteiger partial charge in [-0.25, -0.2) is 0 Å². The Morgan fingerprint density at radius 1 is 1.15 bits per heavy atom. The zero-order valence-corrected chi connectivity index (χ0v) is 16.8. The molecule has 1 amide bonds. The summed E-state index contributed by atoms with van der Waals surface area (Å²) < 4.78 is 0. The minimum absolute atomic E-state index is 0.108. The van der Waals surface area contributed by atoms with Crippen LogP contribution in [0.1, 0.15) is 43.1 Å². The Labute approximate surface area is 165 Å².